The lowest BCUT2D eigenvalue weighted by Gasteiger charge is -2.45. The van der Waals surface area contributed by atoms with Crippen LogP contribution in [0, 0.1) is 5.41 Å². The molecule has 0 spiro atoms. The maximum Gasteiger partial charge on any atom is 0.387 e. The second-order valence-electron chi connectivity index (χ2n) is 6.70. The highest BCUT2D eigenvalue weighted by Crippen LogP contribution is 2.28. The summed E-state index contributed by atoms with van der Waals surface area (Å²) < 4.78 is 28.8. The average Bonchev–Trinajstić information content (AvgIpc) is 2.38. The van der Waals surface area contributed by atoms with Crippen LogP contribution in [0.3, 0.4) is 0 Å². The molecule has 1 heterocycles. The maximum absolute atomic E-state index is 12.2. The Hall–Kier alpha value is -1.36. The van der Waals surface area contributed by atoms with E-state index < -0.39 is 6.61 Å². The van der Waals surface area contributed by atoms with Crippen LogP contribution in [0.15, 0.2) is 24.3 Å². The number of halogens is 2. The van der Waals surface area contributed by atoms with Crippen LogP contribution < -0.4 is 15.0 Å². The van der Waals surface area contributed by atoms with Gasteiger partial charge in [0, 0.05) is 30.9 Å². The van der Waals surface area contributed by atoms with E-state index >= 15 is 0 Å². The summed E-state index contributed by atoms with van der Waals surface area (Å²) in [5.41, 5.74) is 1.22. The summed E-state index contributed by atoms with van der Waals surface area (Å²) in [5, 5.41) is 3.58. The van der Waals surface area contributed by atoms with E-state index in [0.29, 0.717) is 12.1 Å². The molecule has 2 rings (SSSR count). The number of piperazine rings is 1. The molecule has 1 aliphatic rings. The van der Waals surface area contributed by atoms with E-state index in [1.165, 1.54) is 0 Å². The largest absolute Gasteiger partial charge is 0.435 e. The molecule has 5 heteroatoms. The second kappa shape index (κ2) is 6.18. The Morgan fingerprint density at radius 2 is 1.86 bits per heavy atom. The summed E-state index contributed by atoms with van der Waals surface area (Å²) in [7, 11) is 0. The first-order chi connectivity index (χ1) is 9.77. The smallest absolute Gasteiger partial charge is 0.387 e. The van der Waals surface area contributed by atoms with E-state index in [2.05, 4.69) is 42.6 Å². The molecule has 0 radical (unpaired) electrons. The average molecular weight is 298 g/mol. The first-order valence-corrected chi connectivity index (χ1v) is 7.32. The summed E-state index contributed by atoms with van der Waals surface area (Å²) in [6, 6.07) is 7.65. The molecule has 118 valence electrons. The highest BCUT2D eigenvalue weighted by molar-refractivity contribution is 5.50. The number of nitrogens with zero attached hydrogens (tertiary/aromatic N) is 1. The zero-order valence-electron chi connectivity index (χ0n) is 13.1. The fourth-order valence-electron chi connectivity index (χ4n) is 2.62. The van der Waals surface area contributed by atoms with Gasteiger partial charge >= 0.3 is 6.61 Å². The Labute approximate surface area is 125 Å². The molecule has 0 saturated carbocycles. The van der Waals surface area contributed by atoms with E-state index in [-0.39, 0.29) is 11.2 Å². The molecule has 0 bridgehead atoms. The van der Waals surface area contributed by atoms with Gasteiger partial charge < -0.3 is 15.0 Å². The van der Waals surface area contributed by atoms with Gasteiger partial charge in [-0.25, -0.2) is 0 Å². The summed E-state index contributed by atoms with van der Waals surface area (Å²) in [5.74, 6) is 0.198. The highest BCUT2D eigenvalue weighted by atomic mass is 19.3. The van der Waals surface area contributed by atoms with E-state index in [1.807, 2.05) is 12.1 Å². The van der Waals surface area contributed by atoms with Gasteiger partial charge in [0.1, 0.15) is 5.75 Å². The van der Waals surface area contributed by atoms with Gasteiger partial charge in [0.05, 0.1) is 0 Å². The highest BCUT2D eigenvalue weighted by Gasteiger charge is 2.32. The normalized spacial score (nSPS) is 23.5. The monoisotopic (exact) mass is 298 g/mol. The maximum atomic E-state index is 12.2. The van der Waals surface area contributed by atoms with Crippen LogP contribution >= 0.6 is 0 Å². The summed E-state index contributed by atoms with van der Waals surface area (Å²) in [6.45, 7) is 7.86. The van der Waals surface area contributed by atoms with E-state index in [0.717, 1.165) is 18.8 Å². The first-order valence-electron chi connectivity index (χ1n) is 7.32. The molecule has 1 aliphatic heterocycles. The lowest BCUT2D eigenvalue weighted by molar-refractivity contribution is -0.0498. The predicted molar refractivity (Wildman–Crippen MR) is 81.1 cm³/mol. The van der Waals surface area contributed by atoms with Crippen molar-refractivity contribution in [2.75, 3.05) is 18.0 Å². The van der Waals surface area contributed by atoms with Gasteiger partial charge in [-0.15, -0.1) is 0 Å². The SMILES string of the molecule is CC1CNC(C(C)(C)C)CN1c1ccc(OC(F)F)cc1. The number of nitrogens with one attached hydrogen (secondary N) is 1. The van der Waals surface area contributed by atoms with Crippen molar-refractivity contribution in [2.24, 2.45) is 5.41 Å². The predicted octanol–water partition coefficient (Wildman–Crippen LogP) is 3.50. The van der Waals surface area contributed by atoms with Crippen molar-refractivity contribution in [1.29, 1.82) is 0 Å². The lowest BCUT2D eigenvalue weighted by Crippen LogP contribution is -2.59. The Bertz CT molecular complexity index is 456. The van der Waals surface area contributed by atoms with Gasteiger partial charge in [0.15, 0.2) is 0 Å². The van der Waals surface area contributed by atoms with Crippen molar-refractivity contribution in [3.05, 3.63) is 24.3 Å². The summed E-state index contributed by atoms with van der Waals surface area (Å²) >= 11 is 0. The van der Waals surface area contributed by atoms with Gasteiger partial charge in [-0.3, -0.25) is 0 Å². The van der Waals surface area contributed by atoms with Crippen LogP contribution in [0.2, 0.25) is 0 Å². The first kappa shape index (κ1) is 16.0. The van der Waals surface area contributed by atoms with Crippen molar-refractivity contribution >= 4 is 5.69 Å². The van der Waals surface area contributed by atoms with Crippen LogP contribution in [0.1, 0.15) is 27.7 Å². The van der Waals surface area contributed by atoms with Crippen molar-refractivity contribution in [1.82, 2.24) is 5.32 Å². The molecule has 1 aromatic carbocycles. The molecule has 0 aliphatic carbocycles. The number of hydrogen-bond acceptors (Lipinski definition) is 3. The molecular weight excluding hydrogens is 274 g/mol. The quantitative estimate of drug-likeness (QED) is 0.924. The van der Waals surface area contributed by atoms with E-state index in [9.17, 15) is 8.78 Å². The van der Waals surface area contributed by atoms with Crippen molar-refractivity contribution in [3.8, 4) is 5.75 Å². The van der Waals surface area contributed by atoms with Crippen molar-refractivity contribution < 1.29 is 13.5 Å². The third kappa shape index (κ3) is 4.06. The Morgan fingerprint density at radius 3 is 2.38 bits per heavy atom. The van der Waals surface area contributed by atoms with Gasteiger partial charge in [0.2, 0.25) is 0 Å². The van der Waals surface area contributed by atoms with E-state index in [4.69, 9.17) is 0 Å². The van der Waals surface area contributed by atoms with Crippen LogP contribution in [0.4, 0.5) is 14.5 Å². The molecule has 1 aromatic rings. The second-order valence-corrected chi connectivity index (χ2v) is 6.70. The molecule has 21 heavy (non-hydrogen) atoms. The number of alkyl halides is 2. The molecular formula is C16H24F2N2O. The molecule has 1 N–H and O–H groups in total. The van der Waals surface area contributed by atoms with Gasteiger partial charge in [0.25, 0.3) is 0 Å². The van der Waals surface area contributed by atoms with Crippen LogP contribution in [-0.2, 0) is 0 Å². The molecule has 2 unspecified atom stereocenters. The van der Waals surface area contributed by atoms with Gasteiger partial charge in [-0.1, -0.05) is 20.8 Å². The number of anilines is 1. The number of rotatable bonds is 3. The standard InChI is InChI=1S/C16H24F2N2O/c1-11-9-19-14(16(2,3)4)10-20(11)12-5-7-13(8-6-12)21-15(17)18/h5-8,11,14-15,19H,9-10H2,1-4H3. The Balaban J connectivity index is 2.11. The Kier molecular flexibility index (Phi) is 4.71. The summed E-state index contributed by atoms with van der Waals surface area (Å²) in [6.07, 6.45) is 0. The minimum Gasteiger partial charge on any atom is -0.435 e. The number of ether oxygens (including phenoxy) is 1. The molecule has 1 saturated heterocycles. The van der Waals surface area contributed by atoms with Crippen LogP contribution in [0.25, 0.3) is 0 Å². The topological polar surface area (TPSA) is 24.5 Å². The van der Waals surface area contributed by atoms with Crippen molar-refractivity contribution in [2.45, 2.75) is 46.4 Å². The third-order valence-corrected chi connectivity index (χ3v) is 4.01. The van der Waals surface area contributed by atoms with Gasteiger partial charge in [-0.2, -0.15) is 8.78 Å². The zero-order valence-corrected chi connectivity index (χ0v) is 13.1. The van der Waals surface area contributed by atoms with Gasteiger partial charge in [-0.05, 0) is 36.6 Å². The fourth-order valence-corrected chi connectivity index (χ4v) is 2.62. The number of benzene rings is 1. The van der Waals surface area contributed by atoms with Crippen LogP contribution in [-0.4, -0.2) is 31.8 Å². The molecule has 3 nitrogen and oxygen atoms in total. The minimum absolute atomic E-state index is 0.178. The van der Waals surface area contributed by atoms with Crippen molar-refractivity contribution in [3.63, 3.8) is 0 Å². The Morgan fingerprint density at radius 1 is 1.24 bits per heavy atom. The third-order valence-electron chi connectivity index (χ3n) is 4.01. The fraction of sp³-hybridized carbons (Fsp3) is 0.625. The van der Waals surface area contributed by atoms with E-state index in [1.54, 1.807) is 12.1 Å². The lowest BCUT2D eigenvalue weighted by atomic mass is 9.84. The molecule has 0 amide bonds. The molecule has 0 aromatic heterocycles. The minimum atomic E-state index is -2.78. The molecule has 2 atom stereocenters. The number of hydrogen-bond donors (Lipinski definition) is 1. The van der Waals surface area contributed by atoms with Crippen LogP contribution in [0.5, 0.6) is 5.75 Å². The summed E-state index contributed by atoms with van der Waals surface area (Å²) in [4.78, 5) is 2.32. The molecule has 1 fully saturated rings. The zero-order chi connectivity index (χ0) is 15.6.